The molecule has 0 aliphatic heterocycles. The number of unbranched alkanes of at least 4 members (excludes halogenated alkanes) is 2. The van der Waals surface area contributed by atoms with Gasteiger partial charge in [-0.15, -0.1) is 0 Å². The summed E-state index contributed by atoms with van der Waals surface area (Å²) in [6.07, 6.45) is 3.95. The fourth-order valence-corrected chi connectivity index (χ4v) is 2.29. The molecule has 2 heteroatoms. The molecular formula is C17H30N2. The maximum absolute atomic E-state index is 3.19. The highest BCUT2D eigenvalue weighted by Crippen LogP contribution is 2.11. The third-order valence-corrected chi connectivity index (χ3v) is 3.57. The van der Waals surface area contributed by atoms with E-state index >= 15 is 0 Å². The van der Waals surface area contributed by atoms with Gasteiger partial charge in [0, 0.05) is 19.1 Å². The predicted octanol–water partition coefficient (Wildman–Crippen LogP) is 3.81. The Kier molecular flexibility index (Phi) is 7.76. The largest absolute Gasteiger partial charge is 0.316 e. The molecular weight excluding hydrogens is 232 g/mol. The van der Waals surface area contributed by atoms with Gasteiger partial charge in [0.15, 0.2) is 0 Å². The summed E-state index contributed by atoms with van der Waals surface area (Å²) in [6.45, 7) is 10.1. The van der Waals surface area contributed by atoms with E-state index in [0.717, 1.165) is 13.1 Å². The van der Waals surface area contributed by atoms with Crippen LogP contribution in [0.3, 0.4) is 0 Å². The molecule has 0 aromatic heterocycles. The van der Waals surface area contributed by atoms with E-state index in [2.05, 4.69) is 55.3 Å². The first kappa shape index (κ1) is 16.2. The van der Waals surface area contributed by atoms with Crippen molar-refractivity contribution in [3.05, 3.63) is 35.4 Å². The standard InChI is InChI=1S/C17H30N2/c1-5-6-7-12-19(15(2)3)14-17-10-8-16(9-11-17)13-18-4/h8-11,15,18H,5-7,12-14H2,1-4H3. The molecule has 1 rings (SSSR count). The highest BCUT2D eigenvalue weighted by Gasteiger charge is 2.09. The zero-order valence-corrected chi connectivity index (χ0v) is 13.1. The van der Waals surface area contributed by atoms with Gasteiger partial charge in [0.2, 0.25) is 0 Å². The van der Waals surface area contributed by atoms with E-state index in [1.807, 2.05) is 7.05 Å². The van der Waals surface area contributed by atoms with Gasteiger partial charge in [0.25, 0.3) is 0 Å². The van der Waals surface area contributed by atoms with Crippen LogP contribution in [0.5, 0.6) is 0 Å². The molecule has 0 fully saturated rings. The van der Waals surface area contributed by atoms with Crippen molar-refractivity contribution in [1.82, 2.24) is 10.2 Å². The zero-order chi connectivity index (χ0) is 14.1. The van der Waals surface area contributed by atoms with Crippen molar-refractivity contribution < 1.29 is 0 Å². The lowest BCUT2D eigenvalue weighted by Crippen LogP contribution is -2.31. The van der Waals surface area contributed by atoms with Crippen LogP contribution in [0.1, 0.15) is 51.2 Å². The van der Waals surface area contributed by atoms with Gasteiger partial charge in [-0.2, -0.15) is 0 Å². The number of benzene rings is 1. The minimum atomic E-state index is 0.619. The molecule has 0 atom stereocenters. The first-order valence-corrected chi connectivity index (χ1v) is 7.63. The molecule has 0 bridgehead atoms. The molecule has 0 unspecified atom stereocenters. The van der Waals surface area contributed by atoms with E-state index in [-0.39, 0.29) is 0 Å². The Morgan fingerprint density at radius 3 is 2.21 bits per heavy atom. The lowest BCUT2D eigenvalue weighted by atomic mass is 10.1. The van der Waals surface area contributed by atoms with Gasteiger partial charge in [0.1, 0.15) is 0 Å². The molecule has 19 heavy (non-hydrogen) atoms. The lowest BCUT2D eigenvalue weighted by Gasteiger charge is -2.26. The normalized spacial score (nSPS) is 11.5. The molecule has 1 N–H and O–H groups in total. The monoisotopic (exact) mass is 262 g/mol. The third kappa shape index (κ3) is 6.22. The first-order valence-electron chi connectivity index (χ1n) is 7.63. The van der Waals surface area contributed by atoms with E-state index in [1.165, 1.54) is 36.9 Å². The fraction of sp³-hybridized carbons (Fsp3) is 0.647. The van der Waals surface area contributed by atoms with Gasteiger partial charge in [-0.1, -0.05) is 44.0 Å². The average molecular weight is 262 g/mol. The molecule has 0 saturated carbocycles. The van der Waals surface area contributed by atoms with Crippen LogP contribution in [0.25, 0.3) is 0 Å². The lowest BCUT2D eigenvalue weighted by molar-refractivity contribution is 0.208. The molecule has 0 amide bonds. The van der Waals surface area contributed by atoms with Crippen LogP contribution in [0.4, 0.5) is 0 Å². The summed E-state index contributed by atoms with van der Waals surface area (Å²) in [5.74, 6) is 0. The second-order valence-corrected chi connectivity index (χ2v) is 5.62. The highest BCUT2D eigenvalue weighted by molar-refractivity contribution is 5.22. The average Bonchev–Trinajstić information content (AvgIpc) is 2.40. The van der Waals surface area contributed by atoms with E-state index in [9.17, 15) is 0 Å². The Morgan fingerprint density at radius 2 is 1.68 bits per heavy atom. The van der Waals surface area contributed by atoms with Crippen molar-refractivity contribution in [2.24, 2.45) is 0 Å². The van der Waals surface area contributed by atoms with E-state index in [0.29, 0.717) is 6.04 Å². The maximum Gasteiger partial charge on any atom is 0.0236 e. The number of nitrogens with zero attached hydrogens (tertiary/aromatic N) is 1. The van der Waals surface area contributed by atoms with Gasteiger partial charge in [0.05, 0.1) is 0 Å². The van der Waals surface area contributed by atoms with Gasteiger partial charge in [-0.05, 0) is 45.0 Å². The van der Waals surface area contributed by atoms with Crippen LogP contribution in [-0.2, 0) is 13.1 Å². The number of hydrogen-bond acceptors (Lipinski definition) is 2. The summed E-state index contributed by atoms with van der Waals surface area (Å²) in [4.78, 5) is 2.57. The second kappa shape index (κ2) is 9.11. The van der Waals surface area contributed by atoms with Crippen LogP contribution in [0, 0.1) is 0 Å². The Bertz CT molecular complexity index is 330. The number of hydrogen-bond donors (Lipinski definition) is 1. The van der Waals surface area contributed by atoms with Gasteiger partial charge in [-0.25, -0.2) is 0 Å². The van der Waals surface area contributed by atoms with Crippen molar-refractivity contribution in [2.75, 3.05) is 13.6 Å². The molecule has 0 radical (unpaired) electrons. The summed E-state index contributed by atoms with van der Waals surface area (Å²) < 4.78 is 0. The number of rotatable bonds is 9. The second-order valence-electron chi connectivity index (χ2n) is 5.62. The summed E-state index contributed by atoms with van der Waals surface area (Å²) in [5, 5.41) is 3.19. The summed E-state index contributed by atoms with van der Waals surface area (Å²) in [7, 11) is 1.99. The molecule has 0 spiro atoms. The smallest absolute Gasteiger partial charge is 0.0236 e. The molecule has 0 aliphatic rings. The third-order valence-electron chi connectivity index (χ3n) is 3.57. The van der Waals surface area contributed by atoms with Crippen LogP contribution in [0.2, 0.25) is 0 Å². The molecule has 0 saturated heterocycles. The summed E-state index contributed by atoms with van der Waals surface area (Å²) in [6, 6.07) is 9.62. The first-order chi connectivity index (χ1) is 9.17. The highest BCUT2D eigenvalue weighted by atomic mass is 15.1. The molecule has 1 aromatic rings. The Balaban J connectivity index is 2.52. The van der Waals surface area contributed by atoms with Crippen LogP contribution < -0.4 is 5.32 Å². The van der Waals surface area contributed by atoms with E-state index < -0.39 is 0 Å². The topological polar surface area (TPSA) is 15.3 Å². The van der Waals surface area contributed by atoms with Crippen LogP contribution in [0.15, 0.2) is 24.3 Å². The van der Waals surface area contributed by atoms with E-state index in [4.69, 9.17) is 0 Å². The number of nitrogens with one attached hydrogen (secondary N) is 1. The Hall–Kier alpha value is -0.860. The molecule has 0 aliphatic carbocycles. The Morgan fingerprint density at radius 1 is 1.05 bits per heavy atom. The van der Waals surface area contributed by atoms with Crippen molar-refractivity contribution >= 4 is 0 Å². The fourth-order valence-electron chi connectivity index (χ4n) is 2.29. The van der Waals surface area contributed by atoms with Crippen molar-refractivity contribution in [2.45, 2.75) is 59.2 Å². The van der Waals surface area contributed by atoms with Gasteiger partial charge < -0.3 is 5.32 Å². The van der Waals surface area contributed by atoms with Crippen molar-refractivity contribution in [3.8, 4) is 0 Å². The molecule has 2 nitrogen and oxygen atoms in total. The van der Waals surface area contributed by atoms with Crippen LogP contribution in [-0.4, -0.2) is 24.5 Å². The SMILES string of the molecule is CCCCCN(Cc1ccc(CNC)cc1)C(C)C. The van der Waals surface area contributed by atoms with Crippen molar-refractivity contribution in [1.29, 1.82) is 0 Å². The Labute approximate surface area is 119 Å². The summed E-state index contributed by atoms with van der Waals surface area (Å²) >= 11 is 0. The molecule has 108 valence electrons. The van der Waals surface area contributed by atoms with Crippen molar-refractivity contribution in [3.63, 3.8) is 0 Å². The predicted molar refractivity (Wildman–Crippen MR) is 84.3 cm³/mol. The molecule has 0 heterocycles. The van der Waals surface area contributed by atoms with E-state index in [1.54, 1.807) is 0 Å². The zero-order valence-electron chi connectivity index (χ0n) is 13.1. The minimum absolute atomic E-state index is 0.619. The molecule has 1 aromatic carbocycles. The van der Waals surface area contributed by atoms with Gasteiger partial charge >= 0.3 is 0 Å². The summed E-state index contributed by atoms with van der Waals surface area (Å²) in [5.41, 5.74) is 2.78. The van der Waals surface area contributed by atoms with Crippen LogP contribution >= 0.6 is 0 Å². The van der Waals surface area contributed by atoms with Gasteiger partial charge in [-0.3, -0.25) is 4.90 Å². The maximum atomic E-state index is 3.19. The minimum Gasteiger partial charge on any atom is -0.316 e. The quantitative estimate of drug-likeness (QED) is 0.681.